The molecule has 0 N–H and O–H groups in total. The predicted molar refractivity (Wildman–Crippen MR) is 81.9 cm³/mol. The average Bonchev–Trinajstić information content (AvgIpc) is 2.39. The highest BCUT2D eigenvalue weighted by molar-refractivity contribution is 7.77. The van der Waals surface area contributed by atoms with Crippen molar-refractivity contribution in [2.45, 2.75) is 64.5 Å². The highest BCUT2D eigenvalue weighted by atomic mass is 32.1. The third-order valence-electron chi connectivity index (χ3n) is 5.28. The van der Waals surface area contributed by atoms with E-state index in [4.69, 9.17) is 0 Å². The largest absolute Gasteiger partial charge is 0.300 e. The van der Waals surface area contributed by atoms with Crippen molar-refractivity contribution in [2.75, 3.05) is 20.1 Å². The molecule has 0 radical (unpaired) electrons. The van der Waals surface area contributed by atoms with Gasteiger partial charge in [0.25, 0.3) is 0 Å². The van der Waals surface area contributed by atoms with Crippen molar-refractivity contribution < 1.29 is 0 Å². The van der Waals surface area contributed by atoms with Crippen LogP contribution in [0.25, 0.3) is 0 Å². The van der Waals surface area contributed by atoms with Gasteiger partial charge in [-0.05, 0) is 57.4 Å². The molecule has 2 rings (SSSR count). The average molecular weight is 270 g/mol. The first-order valence-corrected chi connectivity index (χ1v) is 8.13. The van der Waals surface area contributed by atoms with Crippen LogP contribution in [0.5, 0.6) is 0 Å². The first-order chi connectivity index (χ1) is 8.58. The summed E-state index contributed by atoms with van der Waals surface area (Å²) >= 11 is 4.45. The maximum atomic E-state index is 4.45. The fourth-order valence-corrected chi connectivity index (χ4v) is 3.96. The van der Waals surface area contributed by atoms with Crippen molar-refractivity contribution in [3.05, 3.63) is 0 Å². The molecule has 0 aromatic rings. The Balaban J connectivity index is 1.78. The van der Waals surface area contributed by atoms with Gasteiger partial charge in [0.1, 0.15) is 0 Å². The molecule has 2 fully saturated rings. The molecule has 106 valence electrons. The molecule has 3 heteroatoms. The summed E-state index contributed by atoms with van der Waals surface area (Å²) < 4.78 is 2.17. The molecule has 2 nitrogen and oxygen atoms in total. The first kappa shape index (κ1) is 14.7. The molecular formula is C15H30N2S. The second kappa shape index (κ2) is 6.62. The van der Waals surface area contributed by atoms with Crippen LogP contribution in [0.2, 0.25) is 0 Å². The summed E-state index contributed by atoms with van der Waals surface area (Å²) in [6.45, 7) is 7.08. The van der Waals surface area contributed by atoms with Crippen LogP contribution >= 0.6 is 12.8 Å². The van der Waals surface area contributed by atoms with E-state index in [-0.39, 0.29) is 0 Å². The minimum atomic E-state index is 0.800. The third kappa shape index (κ3) is 3.64. The third-order valence-corrected chi connectivity index (χ3v) is 5.68. The fraction of sp³-hybridized carbons (Fsp3) is 1.00. The lowest BCUT2D eigenvalue weighted by Crippen LogP contribution is -2.46. The summed E-state index contributed by atoms with van der Waals surface area (Å²) in [4.78, 5) is 2.69. The lowest BCUT2D eigenvalue weighted by atomic mass is 9.79. The molecular weight excluding hydrogens is 240 g/mol. The minimum absolute atomic E-state index is 0.800. The Morgan fingerprint density at radius 3 is 1.94 bits per heavy atom. The van der Waals surface area contributed by atoms with E-state index < -0.39 is 0 Å². The van der Waals surface area contributed by atoms with E-state index >= 15 is 0 Å². The van der Waals surface area contributed by atoms with Crippen LogP contribution < -0.4 is 0 Å². The van der Waals surface area contributed by atoms with E-state index in [1.54, 1.807) is 0 Å². The maximum absolute atomic E-state index is 4.45. The second-order valence-corrected chi connectivity index (χ2v) is 7.23. The van der Waals surface area contributed by atoms with Crippen LogP contribution in [0.3, 0.4) is 0 Å². The van der Waals surface area contributed by atoms with Gasteiger partial charge in [-0.1, -0.05) is 26.7 Å². The minimum Gasteiger partial charge on any atom is -0.300 e. The van der Waals surface area contributed by atoms with Crippen LogP contribution in [-0.4, -0.2) is 41.4 Å². The van der Waals surface area contributed by atoms with Gasteiger partial charge in [-0.15, -0.1) is 0 Å². The van der Waals surface area contributed by atoms with Gasteiger partial charge in [0.2, 0.25) is 0 Å². The molecule has 0 atom stereocenters. The predicted octanol–water partition coefficient (Wildman–Crippen LogP) is 3.44. The number of hydrogen-bond acceptors (Lipinski definition) is 3. The molecule has 0 aromatic heterocycles. The van der Waals surface area contributed by atoms with Crippen molar-refractivity contribution in [1.29, 1.82) is 0 Å². The Hall–Kier alpha value is 0.270. The van der Waals surface area contributed by atoms with Crippen LogP contribution in [0.4, 0.5) is 0 Å². The zero-order chi connectivity index (χ0) is 13.1. The van der Waals surface area contributed by atoms with Crippen molar-refractivity contribution in [1.82, 2.24) is 9.21 Å². The smallest absolute Gasteiger partial charge is 0.0120 e. The first-order valence-electron chi connectivity index (χ1n) is 7.73. The van der Waals surface area contributed by atoms with Gasteiger partial charge in [0, 0.05) is 25.2 Å². The molecule has 1 heterocycles. The van der Waals surface area contributed by atoms with Crippen molar-refractivity contribution >= 4 is 12.8 Å². The van der Waals surface area contributed by atoms with Crippen LogP contribution in [0.1, 0.15) is 52.4 Å². The monoisotopic (exact) mass is 270 g/mol. The van der Waals surface area contributed by atoms with Crippen molar-refractivity contribution in [3.63, 3.8) is 0 Å². The van der Waals surface area contributed by atoms with Crippen LogP contribution in [0, 0.1) is 11.8 Å². The van der Waals surface area contributed by atoms with Gasteiger partial charge >= 0.3 is 0 Å². The fourth-order valence-electron chi connectivity index (χ4n) is 3.73. The number of nitrogens with zero attached hydrogens (tertiary/aromatic N) is 2. The van der Waals surface area contributed by atoms with E-state index in [1.165, 1.54) is 38.5 Å². The molecule has 0 spiro atoms. The molecule has 0 unspecified atom stereocenters. The van der Waals surface area contributed by atoms with E-state index in [2.05, 4.69) is 42.9 Å². The van der Waals surface area contributed by atoms with Gasteiger partial charge in [0.05, 0.1) is 0 Å². The Bertz CT molecular complexity index is 241. The highest BCUT2D eigenvalue weighted by Gasteiger charge is 2.30. The quantitative estimate of drug-likeness (QED) is 0.785. The zero-order valence-electron chi connectivity index (χ0n) is 12.3. The van der Waals surface area contributed by atoms with Crippen molar-refractivity contribution in [2.24, 2.45) is 11.8 Å². The van der Waals surface area contributed by atoms with Crippen molar-refractivity contribution in [3.8, 4) is 0 Å². The topological polar surface area (TPSA) is 6.48 Å². The standard InChI is InChI=1S/C15H30N2S/c1-12(2)13-4-6-14(7-5-13)16(3)15-8-10-17(18)11-9-15/h12-15,18H,4-11H2,1-3H3/t13-,14-. The summed E-state index contributed by atoms with van der Waals surface area (Å²) in [6.07, 6.45) is 8.31. The van der Waals surface area contributed by atoms with Crippen LogP contribution in [0.15, 0.2) is 0 Å². The Kier molecular flexibility index (Phi) is 5.40. The molecule has 0 aromatic carbocycles. The molecule has 0 amide bonds. The normalized spacial score (nSPS) is 32.3. The number of rotatable bonds is 3. The maximum Gasteiger partial charge on any atom is 0.0120 e. The summed E-state index contributed by atoms with van der Waals surface area (Å²) in [5, 5.41) is 0. The molecule has 18 heavy (non-hydrogen) atoms. The molecule has 1 aliphatic heterocycles. The Morgan fingerprint density at radius 1 is 0.944 bits per heavy atom. The van der Waals surface area contributed by atoms with Gasteiger partial charge < -0.3 is 4.90 Å². The highest BCUT2D eigenvalue weighted by Crippen LogP contribution is 2.33. The molecule has 0 bridgehead atoms. The zero-order valence-corrected chi connectivity index (χ0v) is 13.2. The lowest BCUT2D eigenvalue weighted by Gasteiger charge is -2.42. The SMILES string of the molecule is CC(C)[C@H]1CC[C@H](N(C)C2CCN(S)CC2)CC1. The number of thiol groups is 1. The van der Waals surface area contributed by atoms with E-state index in [0.29, 0.717) is 0 Å². The van der Waals surface area contributed by atoms with Gasteiger partial charge in [-0.3, -0.25) is 4.31 Å². The molecule has 1 aliphatic carbocycles. The molecule has 1 saturated heterocycles. The number of hydrogen-bond donors (Lipinski definition) is 1. The number of piperidine rings is 1. The van der Waals surface area contributed by atoms with E-state index in [1.807, 2.05) is 0 Å². The molecule has 1 saturated carbocycles. The lowest BCUT2D eigenvalue weighted by molar-refractivity contribution is 0.0841. The summed E-state index contributed by atoms with van der Waals surface area (Å²) in [5.74, 6) is 1.86. The Labute approximate surface area is 119 Å². The van der Waals surface area contributed by atoms with Crippen LogP contribution in [-0.2, 0) is 0 Å². The van der Waals surface area contributed by atoms with Gasteiger partial charge in [-0.25, -0.2) is 0 Å². The van der Waals surface area contributed by atoms with E-state index in [0.717, 1.165) is 37.0 Å². The van der Waals surface area contributed by atoms with Gasteiger partial charge in [-0.2, -0.15) is 0 Å². The van der Waals surface area contributed by atoms with E-state index in [9.17, 15) is 0 Å². The Morgan fingerprint density at radius 2 is 1.44 bits per heavy atom. The second-order valence-electron chi connectivity index (χ2n) is 6.66. The summed E-state index contributed by atoms with van der Waals surface area (Å²) in [7, 11) is 2.36. The molecule has 2 aliphatic rings. The summed E-state index contributed by atoms with van der Waals surface area (Å²) in [5.41, 5.74) is 0. The van der Waals surface area contributed by atoms with Gasteiger partial charge in [0.15, 0.2) is 0 Å². The summed E-state index contributed by atoms with van der Waals surface area (Å²) in [6, 6.07) is 1.64.